The quantitative estimate of drug-likeness (QED) is 0.00689. The van der Waals surface area contributed by atoms with Crippen molar-refractivity contribution in [3.05, 3.63) is 78.9 Å². The van der Waals surface area contributed by atoms with Crippen molar-refractivity contribution in [3.63, 3.8) is 0 Å². The first-order chi connectivity index (χ1) is 58.0. The number of carbonyl (C=O) groups is 11. The topological polar surface area (TPSA) is 644 Å². The number of rotatable bonds is 37. The average Bonchev–Trinajstić information content (AvgIpc) is 0.857. The minimum atomic E-state index is -4.97. The van der Waals surface area contributed by atoms with Gasteiger partial charge in [0.2, 0.25) is 34.5 Å². The van der Waals surface area contributed by atoms with Crippen LogP contribution in [0.3, 0.4) is 0 Å². The van der Waals surface area contributed by atoms with E-state index in [2.05, 4.69) is 77.3 Å². The van der Waals surface area contributed by atoms with E-state index in [1.165, 1.54) is 91.4 Å². The van der Waals surface area contributed by atoms with Gasteiger partial charge in [-0.3, -0.25) is 51.9 Å². The molecule has 692 valence electrons. The van der Waals surface area contributed by atoms with Crippen molar-refractivity contribution < 1.29 is 117 Å². The van der Waals surface area contributed by atoms with Crippen LogP contribution in [0.1, 0.15) is 188 Å². The van der Waals surface area contributed by atoms with Crippen molar-refractivity contribution in [2.45, 2.75) is 254 Å². The molecule has 3 saturated heterocycles. The smallest absolute Gasteiger partial charge is 0.407 e. The second-order valence-electron chi connectivity index (χ2n) is 34.4. The molecule has 0 bridgehead atoms. The van der Waals surface area contributed by atoms with Gasteiger partial charge < -0.3 is 66.0 Å². The highest BCUT2D eigenvalue weighted by atomic mass is 32.2. The third-order valence-electron chi connectivity index (χ3n) is 17.5. The number of carboxylic acid groups (broad SMARTS) is 1. The number of aromatic nitrogens is 12. The molecule has 0 spiro atoms. The number of nitrogens with two attached hydrogens (primary N) is 2. The zero-order valence-electron chi connectivity index (χ0n) is 73.0. The van der Waals surface area contributed by atoms with E-state index in [-0.39, 0.29) is 88.8 Å². The maximum Gasteiger partial charge on any atom is 0.407 e. The van der Waals surface area contributed by atoms with Gasteiger partial charge in [-0.05, 0) is 138 Å². The van der Waals surface area contributed by atoms with Crippen LogP contribution >= 0.6 is 34.0 Å². The van der Waals surface area contributed by atoms with Gasteiger partial charge in [0, 0.05) is 98.9 Å². The lowest BCUT2D eigenvalue weighted by Gasteiger charge is -2.43. The van der Waals surface area contributed by atoms with E-state index in [1.54, 1.807) is 119 Å². The van der Waals surface area contributed by atoms with Crippen molar-refractivity contribution >= 4 is 142 Å². The lowest BCUT2D eigenvalue weighted by atomic mass is 9.82. The van der Waals surface area contributed by atoms with Gasteiger partial charge in [0.05, 0.1) is 76.6 Å². The predicted molar refractivity (Wildman–Crippen MR) is 449 cm³/mol. The Morgan fingerprint density at radius 2 is 0.825 bits per heavy atom. The lowest BCUT2D eigenvalue weighted by Crippen LogP contribution is -2.64. The number of esters is 2. The molecule has 3 fully saturated rings. The summed E-state index contributed by atoms with van der Waals surface area (Å²) in [6.45, 7) is 34.2. The number of nitrogens with one attached hydrogen (secondary N) is 3. The number of nitrogens with zero attached hydrogens (tertiary/aromatic N) is 17. The molecule has 6 aromatic heterocycles. The number of carbonyl (C=O) groups excluding carboxylic acids is 10. The summed E-state index contributed by atoms with van der Waals surface area (Å²) in [5, 5.41) is 59.0. The third-order valence-corrected chi connectivity index (χ3v) is 21.7. The van der Waals surface area contributed by atoms with Crippen LogP contribution in [0.25, 0.3) is 0 Å². The molecule has 0 aromatic carbocycles. The fraction of sp³-hybridized carbons (Fsp3) is 0.608. The van der Waals surface area contributed by atoms with Gasteiger partial charge in [-0.2, -0.15) is 16.8 Å². The van der Waals surface area contributed by atoms with E-state index in [9.17, 15) is 83.8 Å². The number of hydrogen-bond donors (Lipinski definition) is 8. The van der Waals surface area contributed by atoms with Crippen LogP contribution in [-0.4, -0.2) is 259 Å². The van der Waals surface area contributed by atoms with Gasteiger partial charge in [-0.1, -0.05) is 31.1 Å². The van der Waals surface area contributed by atoms with Gasteiger partial charge in [-0.15, -0.1) is 49.3 Å². The summed E-state index contributed by atoms with van der Waals surface area (Å²) in [4.78, 5) is 167. The number of ketones is 3. The molecule has 126 heavy (non-hydrogen) atoms. The normalized spacial score (nSPS) is 17.9. The van der Waals surface area contributed by atoms with E-state index in [1.807, 2.05) is 0 Å². The summed E-state index contributed by atoms with van der Waals surface area (Å²) in [6, 6.07) is -2.67. The second-order valence-corrected chi connectivity index (χ2v) is 40.0. The summed E-state index contributed by atoms with van der Waals surface area (Å²) in [5.74, 6) is -9.94. The van der Waals surface area contributed by atoms with Crippen LogP contribution in [0.15, 0.2) is 50.2 Å². The summed E-state index contributed by atoms with van der Waals surface area (Å²) in [7, 11) is -9.88. The van der Waals surface area contributed by atoms with Gasteiger partial charge in [0.25, 0.3) is 0 Å². The number of aryl methyl sites for hydroxylation is 2. The van der Waals surface area contributed by atoms with E-state index in [0.717, 1.165) is 11.3 Å². The number of ether oxygens (including phenoxy) is 4. The number of oxime groups is 3. The standard InChI is InChI=1S/C28H41N7O10S2.C28H41N7O7S.C18H24N8O8S2/c1-16-30-19(15-46-16)22(32-45-28(8,9)24(38)43-26(2,3)4)21(36)13-18-20(35(23(18)37)47(40,41)42)12-17-14-34(33-31-17)11-10-29-25(39)44-27(5,6)7;1-16-30-20(15-43-16)22(33-42-28(8,9)24(38)40-26(2,3)4)21(36)13-18-19(31-23(18)37)12-17-14-35(34-32-17)11-10-29-25(39)41-27(5,6)7;1-18(2,16(29)30)34-23-14(11-8-35-17(20)21-11)13(27)6-10-12(26(15(10)28)36(31,32)33)5-9-7-25(4-3-19)24-22-9/h14-15,18,20H,10-13H2,1-9H3,(H,29,39)(H,40,41,42);14-15,18-19H,10-13H2,1-9H3,(H,29,39)(H,31,37);7-8,10,12H,3-6,19H2,1-2H3,(H2,20,21)(H,29,30)(H,31,32,33)/b32-22-;33-22-;23-14-/t18-,20+;18-,19+;10-,12+/m000/s1. The Hall–Kier alpha value is -11.3. The van der Waals surface area contributed by atoms with E-state index in [0.29, 0.717) is 57.5 Å². The Labute approximate surface area is 736 Å². The maximum absolute atomic E-state index is 13.6. The van der Waals surface area contributed by atoms with Crippen LogP contribution in [0.2, 0.25) is 0 Å². The van der Waals surface area contributed by atoms with Crippen molar-refractivity contribution in [1.29, 1.82) is 0 Å². The number of alkyl carbamates (subject to hydrolysis) is 2. The molecule has 10 N–H and O–H groups in total. The summed E-state index contributed by atoms with van der Waals surface area (Å²) in [6.07, 6.45) is 2.42. The number of nitrogen functional groups attached to an aromatic ring is 1. The van der Waals surface area contributed by atoms with Crippen LogP contribution in [0.5, 0.6) is 0 Å². The molecule has 0 radical (unpaired) electrons. The Morgan fingerprint density at radius 1 is 0.492 bits per heavy atom. The molecular formula is C74H106N22O25S5. The molecule has 0 unspecified atom stereocenters. The van der Waals surface area contributed by atoms with Crippen LogP contribution in [0.4, 0.5) is 14.7 Å². The van der Waals surface area contributed by atoms with E-state index < -0.39 is 167 Å². The molecule has 9 heterocycles. The van der Waals surface area contributed by atoms with Crippen LogP contribution in [0, 0.1) is 31.6 Å². The first kappa shape index (κ1) is 102. The number of thiazole rings is 3. The minimum Gasteiger partial charge on any atom is -0.478 e. The Kier molecular flexibility index (Phi) is 33.1. The Bertz CT molecular complexity index is 5330. The van der Waals surface area contributed by atoms with Crippen LogP contribution < -0.4 is 27.4 Å². The first-order valence-corrected chi connectivity index (χ1v) is 44.3. The highest BCUT2D eigenvalue weighted by Gasteiger charge is 2.56. The Balaban J connectivity index is 0.000000261. The van der Waals surface area contributed by atoms with Crippen molar-refractivity contribution in [2.24, 2.45) is 39.0 Å². The molecular weight excluding hydrogens is 1760 g/mol. The SMILES string of the molecule is CC(C)(O/N=C(\C(=O)C[C@@H]1C(=O)N(S(=O)(=O)O)[C@@H]1Cc1cn(CCN)nn1)c1csc(N)n1)C(=O)O.Cc1nc(/C(=N/OC(C)(C)C(=O)OC(C)(C)C)C(=O)C[C@@H]2C(=O)N(S(=O)(=O)O)[C@@H]2Cc2cn(CCNC(=O)OC(C)(C)C)nn2)cs1.Cc1nc(/C(=N/OC(C)(C)C(=O)OC(C)(C)C)C(=O)C[C@@H]2C(=O)N[C@@H]2Cc2cn(CCNC(=O)OC(C)(C)C)nn2)cs1. The van der Waals surface area contributed by atoms with Crippen molar-refractivity contribution in [1.82, 2.24) is 84.5 Å². The number of amides is 5. The van der Waals surface area contributed by atoms with Crippen molar-refractivity contribution in [3.8, 4) is 0 Å². The molecule has 6 atom stereocenters. The molecule has 52 heteroatoms. The van der Waals surface area contributed by atoms with Gasteiger partial charge in [0.15, 0.2) is 39.6 Å². The van der Waals surface area contributed by atoms with Gasteiger partial charge >= 0.3 is 50.7 Å². The number of aliphatic carboxylic acids is 1. The van der Waals surface area contributed by atoms with E-state index in [4.69, 9.17) is 44.9 Å². The van der Waals surface area contributed by atoms with Crippen LogP contribution in [-0.2, 0) is 136 Å². The molecule has 0 saturated carbocycles. The molecule has 6 aromatic rings. The number of Topliss-reactive ketones (excluding diaryl/α,β-unsaturated/α-hetero) is 3. The summed E-state index contributed by atoms with van der Waals surface area (Å²) >= 11 is 3.55. The van der Waals surface area contributed by atoms with Gasteiger partial charge in [-0.25, -0.2) is 47.5 Å². The number of anilines is 1. The fourth-order valence-electron chi connectivity index (χ4n) is 11.4. The van der Waals surface area contributed by atoms with Gasteiger partial charge in [0.1, 0.15) is 39.5 Å². The number of hydrogen-bond acceptors (Lipinski definition) is 39. The largest absolute Gasteiger partial charge is 0.478 e. The Morgan fingerprint density at radius 3 is 1.13 bits per heavy atom. The minimum absolute atomic E-state index is 0.0108. The number of carboxylic acids is 1. The predicted octanol–water partition coefficient (Wildman–Crippen LogP) is 3.66. The zero-order valence-corrected chi connectivity index (χ0v) is 77.1. The van der Waals surface area contributed by atoms with Crippen molar-refractivity contribution in [2.75, 3.05) is 25.4 Å². The molecule has 47 nitrogen and oxygen atoms in total. The average molecular weight is 1860 g/mol. The number of β-lactam (4-membered cyclic amide) rings is 3. The molecule has 9 rings (SSSR count). The second kappa shape index (κ2) is 41.0. The fourth-order valence-corrected chi connectivity index (χ4v) is 15.0. The maximum atomic E-state index is 13.6. The summed E-state index contributed by atoms with van der Waals surface area (Å²) in [5.41, 5.74) is 4.26. The highest BCUT2D eigenvalue weighted by Crippen LogP contribution is 2.37. The monoisotopic (exact) mass is 1860 g/mol. The molecule has 3 aliphatic rings. The van der Waals surface area contributed by atoms with E-state index >= 15 is 0 Å². The first-order valence-electron chi connectivity index (χ1n) is 38.9. The highest BCUT2D eigenvalue weighted by molar-refractivity contribution is 7.84. The third kappa shape index (κ3) is 29.7. The molecule has 5 amide bonds. The lowest BCUT2D eigenvalue weighted by molar-refractivity contribution is -0.180. The molecule has 3 aliphatic heterocycles. The zero-order chi connectivity index (χ0) is 94.5. The molecule has 0 aliphatic carbocycles. The summed E-state index contributed by atoms with van der Waals surface area (Å²) < 4.78 is 93.2.